The lowest BCUT2D eigenvalue weighted by Crippen LogP contribution is -2.47. The summed E-state index contributed by atoms with van der Waals surface area (Å²) in [5, 5.41) is 3.96. The third-order valence-corrected chi connectivity index (χ3v) is 5.10. The Kier molecular flexibility index (Phi) is 7.54. The molecule has 1 aliphatic rings. The molecule has 1 saturated heterocycles. The highest BCUT2D eigenvalue weighted by Gasteiger charge is 2.30. The van der Waals surface area contributed by atoms with E-state index >= 15 is 0 Å². The van der Waals surface area contributed by atoms with Crippen LogP contribution in [0.3, 0.4) is 0 Å². The first-order valence-corrected chi connectivity index (χ1v) is 9.38. The Labute approximate surface area is 158 Å². The SMILES string of the molecule is CC(Cc1ccc(Cl)cc1Cl)C(=O)N1CCCC(C(=O)NCCN)C1. The van der Waals surface area contributed by atoms with Crippen LogP contribution < -0.4 is 11.1 Å². The fraction of sp³-hybridized carbons (Fsp3) is 0.556. The second kappa shape index (κ2) is 9.41. The number of hydrogen-bond acceptors (Lipinski definition) is 3. The van der Waals surface area contributed by atoms with Gasteiger partial charge >= 0.3 is 0 Å². The van der Waals surface area contributed by atoms with Crippen LogP contribution in [0.5, 0.6) is 0 Å². The van der Waals surface area contributed by atoms with E-state index < -0.39 is 0 Å². The third kappa shape index (κ3) is 5.59. The molecule has 2 atom stereocenters. The van der Waals surface area contributed by atoms with Gasteiger partial charge in [-0.3, -0.25) is 9.59 Å². The van der Waals surface area contributed by atoms with Crippen molar-refractivity contribution in [3.8, 4) is 0 Å². The van der Waals surface area contributed by atoms with Gasteiger partial charge in [-0.05, 0) is 37.0 Å². The van der Waals surface area contributed by atoms with Crippen molar-refractivity contribution in [2.45, 2.75) is 26.2 Å². The van der Waals surface area contributed by atoms with E-state index in [4.69, 9.17) is 28.9 Å². The number of piperidine rings is 1. The first-order valence-electron chi connectivity index (χ1n) is 8.63. The fourth-order valence-corrected chi connectivity index (χ4v) is 3.63. The van der Waals surface area contributed by atoms with E-state index in [9.17, 15) is 9.59 Å². The van der Waals surface area contributed by atoms with E-state index in [0.717, 1.165) is 18.4 Å². The number of amides is 2. The summed E-state index contributed by atoms with van der Waals surface area (Å²) in [7, 11) is 0. The van der Waals surface area contributed by atoms with Crippen LogP contribution >= 0.6 is 23.2 Å². The third-order valence-electron chi connectivity index (χ3n) is 4.51. The first kappa shape index (κ1) is 20.0. The Bertz CT molecular complexity index is 624. The van der Waals surface area contributed by atoms with Crippen LogP contribution in [0.15, 0.2) is 18.2 Å². The lowest BCUT2D eigenvalue weighted by Gasteiger charge is -2.33. The molecule has 1 heterocycles. The van der Waals surface area contributed by atoms with Crippen LogP contribution in [0.4, 0.5) is 0 Å². The molecule has 1 aliphatic heterocycles. The Hall–Kier alpha value is -1.30. The summed E-state index contributed by atoms with van der Waals surface area (Å²) in [4.78, 5) is 26.7. The molecule has 1 aromatic carbocycles. The van der Waals surface area contributed by atoms with Crippen molar-refractivity contribution in [3.05, 3.63) is 33.8 Å². The maximum Gasteiger partial charge on any atom is 0.225 e. The smallest absolute Gasteiger partial charge is 0.225 e. The molecule has 138 valence electrons. The largest absolute Gasteiger partial charge is 0.355 e. The van der Waals surface area contributed by atoms with Gasteiger partial charge < -0.3 is 16.0 Å². The molecule has 5 nitrogen and oxygen atoms in total. The summed E-state index contributed by atoms with van der Waals surface area (Å²) in [6.45, 7) is 3.94. The minimum absolute atomic E-state index is 0.0173. The molecule has 3 N–H and O–H groups in total. The van der Waals surface area contributed by atoms with Gasteiger partial charge in [0.25, 0.3) is 0 Å². The minimum Gasteiger partial charge on any atom is -0.355 e. The monoisotopic (exact) mass is 385 g/mol. The number of nitrogens with two attached hydrogens (primary N) is 1. The van der Waals surface area contributed by atoms with Crippen LogP contribution in [-0.2, 0) is 16.0 Å². The molecule has 7 heteroatoms. The molecule has 0 spiro atoms. The zero-order chi connectivity index (χ0) is 18.4. The quantitative estimate of drug-likeness (QED) is 0.789. The molecule has 0 bridgehead atoms. The van der Waals surface area contributed by atoms with E-state index in [-0.39, 0.29) is 23.7 Å². The van der Waals surface area contributed by atoms with E-state index in [2.05, 4.69) is 5.32 Å². The standard InChI is InChI=1S/C18H25Cl2N3O2/c1-12(9-13-4-5-15(19)10-16(13)20)18(25)23-8-2-3-14(11-23)17(24)22-7-6-21/h4-5,10,12,14H,2-3,6-9,11,21H2,1H3,(H,22,24). The minimum atomic E-state index is -0.204. The fourth-order valence-electron chi connectivity index (χ4n) is 3.15. The molecule has 2 rings (SSSR count). The number of carbonyl (C=O) groups excluding carboxylic acids is 2. The van der Waals surface area contributed by atoms with Crippen molar-refractivity contribution in [3.63, 3.8) is 0 Å². The van der Waals surface area contributed by atoms with Gasteiger partial charge in [0.2, 0.25) is 11.8 Å². The summed E-state index contributed by atoms with van der Waals surface area (Å²) in [5.41, 5.74) is 6.32. The highest BCUT2D eigenvalue weighted by Crippen LogP contribution is 2.25. The summed E-state index contributed by atoms with van der Waals surface area (Å²) in [6, 6.07) is 5.32. The van der Waals surface area contributed by atoms with Gasteiger partial charge in [0.15, 0.2) is 0 Å². The molecule has 0 radical (unpaired) electrons. The maximum absolute atomic E-state index is 12.8. The summed E-state index contributed by atoms with van der Waals surface area (Å²) in [5.74, 6) is -0.321. The second-order valence-electron chi connectivity index (χ2n) is 6.54. The molecule has 1 aromatic rings. The Morgan fingerprint density at radius 3 is 2.84 bits per heavy atom. The Morgan fingerprint density at radius 2 is 2.16 bits per heavy atom. The average molecular weight is 386 g/mol. The molecule has 0 saturated carbocycles. The van der Waals surface area contributed by atoms with Crippen molar-refractivity contribution in [1.82, 2.24) is 10.2 Å². The number of nitrogens with zero attached hydrogens (tertiary/aromatic N) is 1. The molecular formula is C18H25Cl2N3O2. The van der Waals surface area contributed by atoms with E-state index in [1.807, 2.05) is 13.0 Å². The number of halogens is 2. The molecule has 2 unspecified atom stereocenters. The number of nitrogens with one attached hydrogen (secondary N) is 1. The summed E-state index contributed by atoms with van der Waals surface area (Å²) < 4.78 is 0. The van der Waals surface area contributed by atoms with Crippen molar-refractivity contribution < 1.29 is 9.59 Å². The van der Waals surface area contributed by atoms with Crippen molar-refractivity contribution in [1.29, 1.82) is 0 Å². The number of rotatable bonds is 6. The van der Waals surface area contributed by atoms with Gasteiger partial charge in [0.1, 0.15) is 0 Å². The van der Waals surface area contributed by atoms with Crippen LogP contribution in [-0.4, -0.2) is 42.9 Å². The van der Waals surface area contributed by atoms with Crippen molar-refractivity contribution >= 4 is 35.0 Å². The molecule has 25 heavy (non-hydrogen) atoms. The van der Waals surface area contributed by atoms with Crippen molar-refractivity contribution in [2.75, 3.05) is 26.2 Å². The molecular weight excluding hydrogens is 361 g/mol. The van der Waals surface area contributed by atoms with Gasteiger partial charge in [-0.2, -0.15) is 0 Å². The zero-order valence-corrected chi connectivity index (χ0v) is 15.9. The lowest BCUT2D eigenvalue weighted by molar-refractivity contribution is -0.138. The number of carbonyl (C=O) groups is 2. The summed E-state index contributed by atoms with van der Waals surface area (Å²) in [6.07, 6.45) is 2.19. The lowest BCUT2D eigenvalue weighted by atomic mass is 9.94. The van der Waals surface area contributed by atoms with Gasteiger partial charge in [-0.1, -0.05) is 36.2 Å². The predicted molar refractivity (Wildman–Crippen MR) is 101 cm³/mol. The van der Waals surface area contributed by atoms with Crippen molar-refractivity contribution in [2.24, 2.45) is 17.6 Å². The van der Waals surface area contributed by atoms with Gasteiger partial charge in [0.05, 0.1) is 5.92 Å². The van der Waals surface area contributed by atoms with E-state index in [0.29, 0.717) is 42.6 Å². The van der Waals surface area contributed by atoms with Crippen LogP contribution in [0.25, 0.3) is 0 Å². The second-order valence-corrected chi connectivity index (χ2v) is 7.39. The summed E-state index contributed by atoms with van der Waals surface area (Å²) >= 11 is 12.1. The molecule has 1 fully saturated rings. The van der Waals surface area contributed by atoms with Crippen LogP contribution in [0.1, 0.15) is 25.3 Å². The topological polar surface area (TPSA) is 75.4 Å². The zero-order valence-electron chi connectivity index (χ0n) is 14.4. The van der Waals surface area contributed by atoms with Gasteiger partial charge in [0, 0.05) is 42.1 Å². The Balaban J connectivity index is 1.95. The number of likely N-dealkylation sites (tertiary alicyclic amines) is 1. The Morgan fingerprint density at radius 1 is 1.40 bits per heavy atom. The average Bonchev–Trinajstić information content (AvgIpc) is 2.61. The molecule has 2 amide bonds. The number of hydrogen-bond donors (Lipinski definition) is 2. The normalized spacial score (nSPS) is 18.7. The first-order chi connectivity index (χ1) is 11.9. The van der Waals surface area contributed by atoms with Gasteiger partial charge in [-0.25, -0.2) is 0 Å². The van der Waals surface area contributed by atoms with Crippen LogP contribution in [0, 0.1) is 11.8 Å². The van der Waals surface area contributed by atoms with E-state index in [1.165, 1.54) is 0 Å². The molecule has 0 aliphatic carbocycles. The highest BCUT2D eigenvalue weighted by molar-refractivity contribution is 6.35. The maximum atomic E-state index is 12.8. The predicted octanol–water partition coefficient (Wildman–Crippen LogP) is 2.49. The van der Waals surface area contributed by atoms with E-state index in [1.54, 1.807) is 17.0 Å². The van der Waals surface area contributed by atoms with Crippen LogP contribution in [0.2, 0.25) is 10.0 Å². The highest BCUT2D eigenvalue weighted by atomic mass is 35.5. The molecule has 0 aromatic heterocycles. The number of benzene rings is 1. The van der Waals surface area contributed by atoms with Gasteiger partial charge in [-0.15, -0.1) is 0 Å².